The smallest absolute Gasteiger partial charge is 0.490 e. The number of nitrogens with zero attached hydrogens (tertiary/aromatic N) is 9. The van der Waals surface area contributed by atoms with E-state index in [1.807, 2.05) is 4.98 Å². The number of carbonyl (C=O) groups is 1. The average molecular weight is 1220 g/mol. The number of amides is 1. The van der Waals surface area contributed by atoms with E-state index in [2.05, 4.69) is 33.5 Å². The quantitative estimate of drug-likeness (QED) is 0.0250. The van der Waals surface area contributed by atoms with Crippen LogP contribution in [0.15, 0.2) is 76.0 Å². The highest BCUT2D eigenvalue weighted by molar-refractivity contribution is 7.66. The molecule has 16 atom stereocenters. The van der Waals surface area contributed by atoms with Crippen LogP contribution >= 0.6 is 31.1 Å². The number of aromatic nitrogens is 10. The number of rotatable bonds is 21. The summed E-state index contributed by atoms with van der Waals surface area (Å²) in [6, 6.07) is 8.37. The van der Waals surface area contributed by atoms with Crippen molar-refractivity contribution in [1.29, 1.82) is 0 Å². The van der Waals surface area contributed by atoms with Gasteiger partial charge in [0.15, 0.2) is 36.4 Å². The maximum Gasteiger partial charge on any atom is 0.490 e. The van der Waals surface area contributed by atoms with Crippen molar-refractivity contribution in [3.8, 4) is 5.75 Å². The number of nitrogen functional groups attached to an aromatic ring is 2. The van der Waals surface area contributed by atoms with Crippen LogP contribution in [0, 0.1) is 5.92 Å². The third-order valence-electron chi connectivity index (χ3n) is 12.9. The zero-order valence-corrected chi connectivity index (χ0v) is 45.6. The lowest BCUT2D eigenvalue weighted by Gasteiger charge is -2.36. The number of aryl methyl sites for hydroxylation is 1. The van der Waals surface area contributed by atoms with Crippen LogP contribution in [-0.4, -0.2) is 167 Å². The Morgan fingerprint density at radius 1 is 0.815 bits per heavy atom. The number of imidazole rings is 2. The van der Waals surface area contributed by atoms with Crippen LogP contribution < -0.4 is 42.5 Å². The Morgan fingerprint density at radius 2 is 1.47 bits per heavy atom. The van der Waals surface area contributed by atoms with Gasteiger partial charge in [-0.25, -0.2) is 38.0 Å². The zero-order valence-electron chi connectivity index (χ0n) is 42.0. The number of aliphatic hydroxyl groups excluding tert-OH is 3. The van der Waals surface area contributed by atoms with Gasteiger partial charge in [0.2, 0.25) is 17.7 Å². The van der Waals surface area contributed by atoms with Crippen LogP contribution in [0.2, 0.25) is 0 Å². The topological polar surface area (TPSA) is 521 Å². The Labute approximate surface area is 452 Å². The summed E-state index contributed by atoms with van der Waals surface area (Å²) in [7, 11) is -19.7. The number of para-hydroxylation sites is 1. The number of ether oxygens (including phenoxy) is 4. The van der Waals surface area contributed by atoms with E-state index >= 15 is 0 Å². The van der Waals surface area contributed by atoms with Gasteiger partial charge in [0.25, 0.3) is 17.1 Å². The third-order valence-corrected chi connectivity index (χ3v) is 19.1. The highest BCUT2D eigenvalue weighted by Gasteiger charge is 2.56. The second-order valence-electron chi connectivity index (χ2n) is 18.6. The van der Waals surface area contributed by atoms with Gasteiger partial charge < -0.3 is 79.3 Å². The Hall–Kier alpha value is -6.01. The molecule has 0 radical (unpaired) electrons. The minimum absolute atomic E-state index is 0.00404. The predicted molar refractivity (Wildman–Crippen MR) is 265 cm³/mol. The van der Waals surface area contributed by atoms with Gasteiger partial charge in [-0.15, -0.1) is 0 Å². The lowest BCUT2D eigenvalue weighted by atomic mass is 9.94. The van der Waals surface area contributed by atoms with Crippen molar-refractivity contribution in [2.24, 2.45) is 13.0 Å². The van der Waals surface area contributed by atoms with Crippen LogP contribution in [0.25, 0.3) is 22.3 Å². The van der Waals surface area contributed by atoms with Gasteiger partial charge in [-0.3, -0.25) is 47.1 Å². The fourth-order valence-electron chi connectivity index (χ4n) is 9.23. The molecule has 3 aliphatic heterocycles. The number of aliphatic hydroxyl groups is 3. The van der Waals surface area contributed by atoms with Crippen molar-refractivity contribution in [2.75, 3.05) is 45.4 Å². The molecule has 37 nitrogen and oxygen atoms in total. The van der Waals surface area contributed by atoms with Crippen LogP contribution in [0.1, 0.15) is 25.1 Å². The van der Waals surface area contributed by atoms with Crippen molar-refractivity contribution >= 4 is 71.1 Å². The first-order valence-corrected chi connectivity index (χ1v) is 29.7. The molecule has 9 rings (SSSR count). The average Bonchev–Trinajstić information content (AvgIpc) is 3.30. The molecule has 0 spiro atoms. The largest absolute Gasteiger partial charge is 0.778 e. The molecular weight excluding hydrogens is 1170 g/mol. The highest BCUT2D eigenvalue weighted by Crippen LogP contribution is 2.68. The van der Waals surface area contributed by atoms with Gasteiger partial charge in [0, 0.05) is 38.7 Å². The SMILES string of the molecule is CN(C)C(=O)C[C@@H]1[C@@H](COP(=O)(O)OP(=O)(O)OP(=O)(O)OC[C@H]2O[C@@H](n3cnc4c(N)ncnc43)[C@H](Oc3ccccc3)[C@@H]2P(=O)([O-])OC[C@H]2O[C@@H](n3ccc(=O)[nH]c3=O)[C@H](O)[C@@H]2O)OC([n+]2cn(C)c3c(=O)[nH]c(N)nc32)[C@@H]1O. The molecule has 8 heterocycles. The fourth-order valence-corrected chi connectivity index (χ4v) is 14.4. The fraction of sp³-hybridized carbons (Fsp3) is 0.475. The molecule has 0 bridgehead atoms. The summed E-state index contributed by atoms with van der Waals surface area (Å²) in [5.74, 6) is -2.25. The van der Waals surface area contributed by atoms with Gasteiger partial charge in [0.05, 0.1) is 51.1 Å². The Kier molecular flexibility index (Phi) is 16.9. The van der Waals surface area contributed by atoms with Gasteiger partial charge in [-0.1, -0.05) is 23.2 Å². The minimum atomic E-state index is -6.30. The van der Waals surface area contributed by atoms with Crippen LogP contribution in [0.4, 0.5) is 11.8 Å². The minimum Gasteiger partial charge on any atom is -0.778 e. The molecule has 3 saturated heterocycles. The second-order valence-corrected chi connectivity index (χ2v) is 25.1. The molecule has 440 valence electrons. The summed E-state index contributed by atoms with van der Waals surface area (Å²) >= 11 is 0. The summed E-state index contributed by atoms with van der Waals surface area (Å²) < 4.78 is 107. The maximum absolute atomic E-state index is 14.6. The predicted octanol–water partition coefficient (Wildman–Crippen LogP) is -3.27. The highest BCUT2D eigenvalue weighted by atomic mass is 31.3. The summed E-state index contributed by atoms with van der Waals surface area (Å²) in [6.07, 6.45) is -13.4. The third kappa shape index (κ3) is 12.7. The summed E-state index contributed by atoms with van der Waals surface area (Å²) in [5, 5.41) is 33.2. The molecule has 3 fully saturated rings. The number of anilines is 2. The number of carbonyl (C=O) groups excluding carboxylic acids is 1. The molecule has 81 heavy (non-hydrogen) atoms. The van der Waals surface area contributed by atoms with Gasteiger partial charge in [-0.2, -0.15) is 8.62 Å². The summed E-state index contributed by atoms with van der Waals surface area (Å²) in [5.41, 5.74) is 6.91. The molecule has 12 N–H and O–H groups in total. The van der Waals surface area contributed by atoms with E-state index in [1.165, 1.54) is 65.8 Å². The molecule has 5 aromatic heterocycles. The van der Waals surface area contributed by atoms with E-state index in [4.69, 9.17) is 44.0 Å². The lowest BCUT2D eigenvalue weighted by molar-refractivity contribution is -0.745. The number of benzene rings is 1. The van der Waals surface area contributed by atoms with E-state index in [0.717, 1.165) is 34.1 Å². The molecule has 41 heteroatoms. The van der Waals surface area contributed by atoms with E-state index in [0.29, 0.717) is 0 Å². The number of hydrogen-bond donors (Lipinski definition) is 10. The number of aromatic amines is 2. The zero-order chi connectivity index (χ0) is 58.7. The van der Waals surface area contributed by atoms with E-state index < -0.39 is 153 Å². The first kappa shape index (κ1) is 59.6. The molecule has 5 unspecified atom stereocenters. The van der Waals surface area contributed by atoms with Crippen LogP contribution in [0.3, 0.4) is 0 Å². The Balaban J connectivity index is 0.935. The molecule has 1 amide bonds. The van der Waals surface area contributed by atoms with E-state index in [-0.39, 0.29) is 39.8 Å². The van der Waals surface area contributed by atoms with Crippen molar-refractivity contribution < 1.29 is 104 Å². The monoisotopic (exact) mass is 1220 g/mol. The standard InChI is InChI=1S/C40H51N13O24P4/c1-49(2)24(55)11-19-20(73-36(27(19)56)53-17-50(3)26-34(53)47-39(42)48-35(26)59)12-70-79(63,64)76-81(67,68)77-80(65,66)71-14-22-31(78(61,62)69-13-21-28(57)29(58)37(74-21)51-10-9-23(54)46-40(51)60)30(72-18-7-5-4-6-8-18)38(75-22)52-16-45-25-32(41)43-15-44-33(25)52/h4-10,15-17,19-22,27-31,36-38,56-58H,11-14H2,1-3H3,(H9-,41,42,43,44,46,47,48,54,59,60,61,62,63,64,65,66,67,68)/t19-,20-,21-,22-,27-,28-,29-,30-,31-,36?,37-,38-/m1/s1. The summed E-state index contributed by atoms with van der Waals surface area (Å²) in [6.45, 7) is -3.57. The maximum atomic E-state index is 14.6. The lowest BCUT2D eigenvalue weighted by Crippen LogP contribution is -2.45. The molecule has 6 aromatic rings. The first-order chi connectivity index (χ1) is 38.0. The number of H-pyrrole nitrogens is 2. The molecule has 1 aromatic carbocycles. The van der Waals surface area contributed by atoms with Crippen molar-refractivity contribution in [3.63, 3.8) is 0 Å². The molecule has 3 aliphatic rings. The molecule has 0 saturated carbocycles. The number of fused-ring (bicyclic) bond motifs is 2. The molecule has 0 aliphatic carbocycles. The van der Waals surface area contributed by atoms with Crippen molar-refractivity contribution in [3.05, 3.63) is 92.8 Å². The van der Waals surface area contributed by atoms with Crippen LogP contribution in [-0.2, 0) is 66.5 Å². The number of nitrogens with one attached hydrogen (secondary N) is 2. The van der Waals surface area contributed by atoms with Gasteiger partial charge >= 0.3 is 34.8 Å². The Morgan fingerprint density at radius 3 is 2.14 bits per heavy atom. The number of phosphoric acid groups is 3. The molecular formula is C40H51N13O24P4. The normalized spacial score (nSPS) is 28.8. The van der Waals surface area contributed by atoms with E-state index in [1.54, 1.807) is 6.07 Å². The second kappa shape index (κ2) is 23.0. The van der Waals surface area contributed by atoms with Crippen LogP contribution in [0.5, 0.6) is 5.75 Å². The van der Waals surface area contributed by atoms with Crippen molar-refractivity contribution in [1.82, 2.24) is 48.5 Å². The summed E-state index contributed by atoms with van der Waals surface area (Å²) in [4.78, 5) is 118. The number of hydrogen-bond acceptors (Lipinski definition) is 27. The van der Waals surface area contributed by atoms with E-state index in [9.17, 15) is 72.3 Å². The first-order valence-electron chi connectivity index (χ1n) is 23.6. The van der Waals surface area contributed by atoms with Gasteiger partial charge in [0.1, 0.15) is 49.6 Å². The van der Waals surface area contributed by atoms with Gasteiger partial charge in [-0.05, 0) is 12.1 Å². The number of nitrogens with two attached hydrogens (primary N) is 2. The number of phosphoric ester groups is 2. The Bertz CT molecular complexity index is 3710. The van der Waals surface area contributed by atoms with Crippen molar-refractivity contribution in [2.45, 2.75) is 73.5 Å².